The first-order valence-corrected chi connectivity index (χ1v) is 3.47. The van der Waals surface area contributed by atoms with Crippen molar-refractivity contribution in [3.63, 3.8) is 0 Å². The van der Waals surface area contributed by atoms with E-state index in [1.54, 1.807) is 7.11 Å². The largest absolute Gasteiger partial charge is 0.378 e. The highest BCUT2D eigenvalue weighted by molar-refractivity contribution is 4.96. The van der Waals surface area contributed by atoms with Crippen LogP contribution in [0.15, 0.2) is 12.2 Å². The van der Waals surface area contributed by atoms with Crippen molar-refractivity contribution < 1.29 is 4.74 Å². The molecule has 0 fully saturated rings. The SMILES string of the molecule is COC1(C)CC=CCC1. The van der Waals surface area contributed by atoms with Crippen LogP contribution < -0.4 is 0 Å². The molecule has 1 atom stereocenters. The van der Waals surface area contributed by atoms with E-state index < -0.39 is 0 Å². The predicted molar refractivity (Wildman–Crippen MR) is 38.4 cm³/mol. The van der Waals surface area contributed by atoms with Crippen LogP contribution in [-0.4, -0.2) is 12.7 Å². The lowest BCUT2D eigenvalue weighted by atomic mass is 9.91. The van der Waals surface area contributed by atoms with Gasteiger partial charge in [-0.3, -0.25) is 0 Å². The van der Waals surface area contributed by atoms with E-state index in [9.17, 15) is 0 Å². The fourth-order valence-electron chi connectivity index (χ4n) is 1.13. The number of ether oxygens (including phenoxy) is 1. The second-order valence-electron chi connectivity index (χ2n) is 2.87. The minimum atomic E-state index is 0.134. The summed E-state index contributed by atoms with van der Waals surface area (Å²) < 4.78 is 5.33. The Morgan fingerprint density at radius 1 is 1.44 bits per heavy atom. The van der Waals surface area contributed by atoms with Crippen molar-refractivity contribution in [1.29, 1.82) is 0 Å². The van der Waals surface area contributed by atoms with Crippen molar-refractivity contribution >= 4 is 0 Å². The van der Waals surface area contributed by atoms with Crippen LogP contribution in [0.5, 0.6) is 0 Å². The molecule has 52 valence electrons. The maximum atomic E-state index is 5.33. The summed E-state index contributed by atoms with van der Waals surface area (Å²) in [5.41, 5.74) is 0.134. The monoisotopic (exact) mass is 126 g/mol. The third-order valence-corrected chi connectivity index (χ3v) is 2.05. The van der Waals surface area contributed by atoms with E-state index in [0.717, 1.165) is 6.42 Å². The van der Waals surface area contributed by atoms with E-state index in [4.69, 9.17) is 4.74 Å². The second-order valence-corrected chi connectivity index (χ2v) is 2.87. The molecule has 0 bridgehead atoms. The molecule has 0 amide bonds. The summed E-state index contributed by atoms with van der Waals surface area (Å²) in [6.07, 6.45) is 7.83. The fraction of sp³-hybridized carbons (Fsp3) is 0.750. The molecule has 1 aliphatic carbocycles. The van der Waals surface area contributed by atoms with Crippen molar-refractivity contribution in [3.05, 3.63) is 12.2 Å². The zero-order chi connectivity index (χ0) is 6.74. The van der Waals surface area contributed by atoms with Gasteiger partial charge in [-0.25, -0.2) is 0 Å². The molecule has 1 heteroatoms. The van der Waals surface area contributed by atoms with Crippen LogP contribution in [0.3, 0.4) is 0 Å². The fourth-order valence-corrected chi connectivity index (χ4v) is 1.13. The van der Waals surface area contributed by atoms with Gasteiger partial charge in [0.05, 0.1) is 5.60 Å². The Morgan fingerprint density at radius 2 is 2.22 bits per heavy atom. The van der Waals surface area contributed by atoms with Crippen LogP contribution in [-0.2, 0) is 4.74 Å². The molecule has 1 nitrogen and oxygen atoms in total. The summed E-state index contributed by atoms with van der Waals surface area (Å²) in [7, 11) is 1.79. The average Bonchev–Trinajstić information content (AvgIpc) is 1.90. The van der Waals surface area contributed by atoms with E-state index in [0.29, 0.717) is 0 Å². The minimum Gasteiger partial charge on any atom is -0.378 e. The first-order chi connectivity index (χ1) is 4.27. The molecule has 1 aliphatic rings. The number of hydrogen-bond donors (Lipinski definition) is 0. The molecule has 0 saturated carbocycles. The zero-order valence-electron chi connectivity index (χ0n) is 6.18. The standard InChI is InChI=1S/C8H14O/c1-8(9-2)6-4-3-5-7-8/h3-4H,5-7H2,1-2H3. The number of hydrogen-bond acceptors (Lipinski definition) is 1. The summed E-state index contributed by atoms with van der Waals surface area (Å²) in [4.78, 5) is 0. The summed E-state index contributed by atoms with van der Waals surface area (Å²) >= 11 is 0. The Kier molecular flexibility index (Phi) is 1.91. The average molecular weight is 126 g/mol. The van der Waals surface area contributed by atoms with Gasteiger partial charge in [-0.1, -0.05) is 12.2 Å². The maximum absolute atomic E-state index is 5.33. The smallest absolute Gasteiger partial charge is 0.0688 e. The van der Waals surface area contributed by atoms with Crippen molar-refractivity contribution in [3.8, 4) is 0 Å². The molecular formula is C8H14O. The van der Waals surface area contributed by atoms with Gasteiger partial charge in [0.15, 0.2) is 0 Å². The Hall–Kier alpha value is -0.300. The Balaban J connectivity index is 2.50. The van der Waals surface area contributed by atoms with E-state index in [1.807, 2.05) is 0 Å². The Labute approximate surface area is 56.7 Å². The molecule has 0 aliphatic heterocycles. The van der Waals surface area contributed by atoms with Crippen molar-refractivity contribution in [2.24, 2.45) is 0 Å². The lowest BCUT2D eigenvalue weighted by molar-refractivity contribution is -0.000843. The van der Waals surface area contributed by atoms with Crippen LogP contribution in [0.25, 0.3) is 0 Å². The van der Waals surface area contributed by atoms with E-state index >= 15 is 0 Å². The van der Waals surface area contributed by atoms with Gasteiger partial charge < -0.3 is 4.74 Å². The predicted octanol–water partition coefficient (Wildman–Crippen LogP) is 2.13. The molecule has 0 saturated heterocycles. The first kappa shape index (κ1) is 6.81. The third kappa shape index (κ3) is 1.55. The molecular weight excluding hydrogens is 112 g/mol. The Morgan fingerprint density at radius 3 is 2.56 bits per heavy atom. The first-order valence-electron chi connectivity index (χ1n) is 3.47. The third-order valence-electron chi connectivity index (χ3n) is 2.05. The number of methoxy groups -OCH3 is 1. The van der Waals surface area contributed by atoms with Crippen molar-refractivity contribution in [1.82, 2.24) is 0 Å². The van der Waals surface area contributed by atoms with Crippen LogP contribution >= 0.6 is 0 Å². The van der Waals surface area contributed by atoms with Crippen LogP contribution in [0.1, 0.15) is 26.2 Å². The molecule has 1 rings (SSSR count). The van der Waals surface area contributed by atoms with Gasteiger partial charge in [-0.15, -0.1) is 0 Å². The molecule has 0 aromatic rings. The van der Waals surface area contributed by atoms with E-state index in [2.05, 4.69) is 19.1 Å². The van der Waals surface area contributed by atoms with Crippen LogP contribution in [0, 0.1) is 0 Å². The number of allylic oxidation sites excluding steroid dienone is 1. The van der Waals surface area contributed by atoms with E-state index in [-0.39, 0.29) is 5.60 Å². The van der Waals surface area contributed by atoms with Crippen LogP contribution in [0.4, 0.5) is 0 Å². The summed E-state index contributed by atoms with van der Waals surface area (Å²) in [5.74, 6) is 0. The van der Waals surface area contributed by atoms with Gasteiger partial charge in [-0.05, 0) is 26.2 Å². The van der Waals surface area contributed by atoms with Gasteiger partial charge in [0.2, 0.25) is 0 Å². The molecule has 9 heavy (non-hydrogen) atoms. The quantitative estimate of drug-likeness (QED) is 0.489. The van der Waals surface area contributed by atoms with Crippen molar-refractivity contribution in [2.45, 2.75) is 31.8 Å². The van der Waals surface area contributed by atoms with Gasteiger partial charge in [0.1, 0.15) is 0 Å². The van der Waals surface area contributed by atoms with E-state index in [1.165, 1.54) is 12.8 Å². The topological polar surface area (TPSA) is 9.23 Å². The molecule has 0 N–H and O–H groups in total. The van der Waals surface area contributed by atoms with Crippen LogP contribution in [0.2, 0.25) is 0 Å². The number of rotatable bonds is 1. The Bertz CT molecular complexity index is 118. The lowest BCUT2D eigenvalue weighted by Crippen LogP contribution is -2.27. The summed E-state index contributed by atoms with van der Waals surface area (Å²) in [6.45, 7) is 2.16. The highest BCUT2D eigenvalue weighted by atomic mass is 16.5. The van der Waals surface area contributed by atoms with Gasteiger partial charge in [0.25, 0.3) is 0 Å². The maximum Gasteiger partial charge on any atom is 0.0688 e. The zero-order valence-corrected chi connectivity index (χ0v) is 6.18. The minimum absolute atomic E-state index is 0.134. The second kappa shape index (κ2) is 2.53. The molecule has 1 unspecified atom stereocenters. The van der Waals surface area contributed by atoms with Crippen molar-refractivity contribution in [2.75, 3.05) is 7.11 Å². The van der Waals surface area contributed by atoms with Gasteiger partial charge in [0, 0.05) is 7.11 Å². The van der Waals surface area contributed by atoms with Gasteiger partial charge in [-0.2, -0.15) is 0 Å². The highest BCUT2D eigenvalue weighted by Crippen LogP contribution is 2.25. The summed E-state index contributed by atoms with van der Waals surface area (Å²) in [6, 6.07) is 0. The summed E-state index contributed by atoms with van der Waals surface area (Å²) in [5, 5.41) is 0. The molecule has 0 spiro atoms. The molecule has 0 radical (unpaired) electrons. The normalized spacial score (nSPS) is 34.9. The van der Waals surface area contributed by atoms with Gasteiger partial charge >= 0.3 is 0 Å². The lowest BCUT2D eigenvalue weighted by Gasteiger charge is -2.28. The molecule has 0 aromatic carbocycles. The molecule has 0 aromatic heterocycles. The highest BCUT2D eigenvalue weighted by Gasteiger charge is 2.22. The molecule has 0 heterocycles.